The highest BCUT2D eigenvalue weighted by Gasteiger charge is 2.14. The fourth-order valence-electron chi connectivity index (χ4n) is 3.78. The van der Waals surface area contributed by atoms with E-state index in [0.29, 0.717) is 24.6 Å². The van der Waals surface area contributed by atoms with Gasteiger partial charge < -0.3 is 39.5 Å². The van der Waals surface area contributed by atoms with E-state index in [2.05, 4.69) is 33.9 Å². The van der Waals surface area contributed by atoms with Crippen molar-refractivity contribution in [1.82, 2.24) is 29.6 Å². The summed E-state index contributed by atoms with van der Waals surface area (Å²) in [6.45, 7) is 3.20. The topological polar surface area (TPSA) is 218 Å². The van der Waals surface area contributed by atoms with Gasteiger partial charge in [-0.2, -0.15) is 0 Å². The van der Waals surface area contributed by atoms with E-state index in [1.165, 1.54) is 35.5 Å². The van der Waals surface area contributed by atoms with Crippen LogP contribution in [0.15, 0.2) is 36.7 Å². The number of carbonyl (C=O) groups excluding carboxylic acids is 2. The lowest BCUT2D eigenvalue weighted by atomic mass is 10.1. The van der Waals surface area contributed by atoms with Crippen LogP contribution in [-0.2, 0) is 13.1 Å². The number of ether oxygens (including phenoxy) is 2. The molecule has 258 valence electrons. The van der Waals surface area contributed by atoms with Gasteiger partial charge in [-0.1, -0.05) is 25.7 Å². The molecule has 2 amide bonds. The van der Waals surface area contributed by atoms with Gasteiger partial charge in [-0.25, -0.2) is 9.59 Å². The number of aromatic nitrogens is 2. The number of nitrogens with zero attached hydrogens (tertiary/aromatic N) is 8. The molecule has 0 aliphatic carbocycles. The molecule has 18 heteroatoms. The van der Waals surface area contributed by atoms with Gasteiger partial charge in [0, 0.05) is 53.7 Å². The Bertz CT molecular complexity index is 1100. The average Bonchev–Trinajstić information content (AvgIpc) is 2.95. The van der Waals surface area contributed by atoms with Gasteiger partial charge in [0.2, 0.25) is 0 Å². The zero-order chi connectivity index (χ0) is 35.1. The van der Waals surface area contributed by atoms with Crippen molar-refractivity contribution in [3.63, 3.8) is 0 Å². The van der Waals surface area contributed by atoms with Crippen LogP contribution in [0.4, 0.5) is 9.59 Å². The summed E-state index contributed by atoms with van der Waals surface area (Å²) in [5, 5.41) is 27.3. The number of rotatable bonds is 15. The fourth-order valence-corrected chi connectivity index (χ4v) is 3.78. The van der Waals surface area contributed by atoms with Crippen LogP contribution in [0.25, 0.3) is 0 Å². The van der Waals surface area contributed by atoms with Gasteiger partial charge in [0.05, 0.1) is 11.4 Å². The van der Waals surface area contributed by atoms with Crippen molar-refractivity contribution in [2.24, 2.45) is 0 Å². The Balaban J connectivity index is 0.00000226. The SMILES string of the molecule is CN(CCCCCCCCN(C)Cc1ncccc1OC(=O)N(C)C)Cc1ncccc1OC(=O)N(C)C.O=[N+]([O-])O.O=[N+]([O-])O. The predicted molar refractivity (Wildman–Crippen MR) is 166 cm³/mol. The highest BCUT2D eigenvalue weighted by molar-refractivity contribution is 5.70. The first-order valence-electron chi connectivity index (χ1n) is 14.3. The Kier molecular flexibility index (Phi) is 21.1. The van der Waals surface area contributed by atoms with Crippen LogP contribution < -0.4 is 9.47 Å². The summed E-state index contributed by atoms with van der Waals surface area (Å²) in [7, 11) is 10.8. The third-order valence-corrected chi connectivity index (χ3v) is 5.99. The minimum absolute atomic E-state index is 0.403. The van der Waals surface area contributed by atoms with E-state index in [4.69, 9.17) is 40.1 Å². The normalized spacial score (nSPS) is 10.2. The molecule has 0 aliphatic heterocycles. The quantitative estimate of drug-likeness (QED) is 0.159. The van der Waals surface area contributed by atoms with E-state index in [0.717, 1.165) is 37.3 Å². The number of hydrogen-bond acceptors (Lipinski definition) is 12. The van der Waals surface area contributed by atoms with E-state index in [-0.39, 0.29) is 0 Å². The molecule has 2 N–H and O–H groups in total. The Morgan fingerprint density at radius 2 is 0.978 bits per heavy atom. The summed E-state index contributed by atoms with van der Waals surface area (Å²) in [5.41, 5.74) is 1.53. The van der Waals surface area contributed by atoms with E-state index < -0.39 is 22.4 Å². The summed E-state index contributed by atoms with van der Waals surface area (Å²) >= 11 is 0. The minimum Gasteiger partial charge on any atom is -0.408 e. The molecular weight excluding hydrogens is 608 g/mol. The monoisotopic (exact) mass is 654 g/mol. The Labute approximate surface area is 268 Å². The maximum Gasteiger partial charge on any atom is 0.414 e. The van der Waals surface area contributed by atoms with Gasteiger partial charge >= 0.3 is 12.2 Å². The van der Waals surface area contributed by atoms with Crippen molar-refractivity contribution >= 4 is 12.2 Å². The summed E-state index contributed by atoms with van der Waals surface area (Å²) in [5.74, 6) is 1.02. The number of hydrogen-bond donors (Lipinski definition) is 2. The molecule has 0 unspecified atom stereocenters. The molecule has 0 saturated carbocycles. The highest BCUT2D eigenvalue weighted by atomic mass is 16.9. The van der Waals surface area contributed by atoms with Crippen molar-refractivity contribution in [1.29, 1.82) is 0 Å². The Hall–Kier alpha value is -4.84. The smallest absolute Gasteiger partial charge is 0.408 e. The van der Waals surface area contributed by atoms with Gasteiger partial charge in [0.25, 0.3) is 10.2 Å². The molecule has 0 spiro atoms. The van der Waals surface area contributed by atoms with Crippen molar-refractivity contribution < 1.29 is 39.7 Å². The van der Waals surface area contributed by atoms with E-state index >= 15 is 0 Å². The van der Waals surface area contributed by atoms with Crippen LogP contribution in [0.3, 0.4) is 0 Å². The van der Waals surface area contributed by atoms with E-state index in [1.807, 2.05) is 0 Å². The predicted octanol–water partition coefficient (Wildman–Crippen LogP) is 3.81. The van der Waals surface area contributed by atoms with Gasteiger partial charge in [-0.15, -0.1) is 20.2 Å². The molecule has 0 aromatic carbocycles. The molecule has 46 heavy (non-hydrogen) atoms. The molecule has 2 rings (SSSR count). The molecule has 18 nitrogen and oxygen atoms in total. The van der Waals surface area contributed by atoms with Gasteiger partial charge in [0.15, 0.2) is 11.5 Å². The lowest BCUT2D eigenvalue weighted by Gasteiger charge is -2.19. The van der Waals surface area contributed by atoms with Crippen molar-refractivity contribution in [3.8, 4) is 11.5 Å². The van der Waals surface area contributed by atoms with Gasteiger partial charge in [0.1, 0.15) is 0 Å². The van der Waals surface area contributed by atoms with Crippen LogP contribution in [0.5, 0.6) is 11.5 Å². The largest absolute Gasteiger partial charge is 0.414 e. The zero-order valence-corrected chi connectivity index (χ0v) is 27.3. The van der Waals surface area contributed by atoms with E-state index in [1.54, 1.807) is 64.8 Å². The van der Waals surface area contributed by atoms with Crippen molar-refractivity contribution in [2.45, 2.75) is 51.6 Å². The summed E-state index contributed by atoms with van der Waals surface area (Å²) in [6.07, 6.45) is 9.65. The lowest BCUT2D eigenvalue weighted by Crippen LogP contribution is -2.26. The lowest BCUT2D eigenvalue weighted by molar-refractivity contribution is -0.742. The van der Waals surface area contributed by atoms with Crippen LogP contribution in [0.1, 0.15) is 49.9 Å². The van der Waals surface area contributed by atoms with Crippen LogP contribution in [0, 0.1) is 20.2 Å². The van der Waals surface area contributed by atoms with E-state index in [9.17, 15) is 9.59 Å². The van der Waals surface area contributed by atoms with Crippen LogP contribution in [0.2, 0.25) is 0 Å². The Morgan fingerprint density at radius 1 is 0.674 bits per heavy atom. The fraction of sp³-hybridized carbons (Fsp3) is 0.571. The second-order valence-electron chi connectivity index (χ2n) is 10.5. The zero-order valence-electron chi connectivity index (χ0n) is 27.3. The number of pyridine rings is 2. The molecule has 2 heterocycles. The van der Waals surface area contributed by atoms with Crippen molar-refractivity contribution in [2.75, 3.05) is 55.4 Å². The number of carbonyl (C=O) groups is 2. The first-order valence-corrected chi connectivity index (χ1v) is 14.3. The molecule has 0 atom stereocenters. The average molecular weight is 655 g/mol. The summed E-state index contributed by atoms with van der Waals surface area (Å²) in [6, 6.07) is 7.12. The number of unbranched alkanes of at least 4 members (excludes halogenated alkanes) is 5. The Morgan fingerprint density at radius 3 is 1.28 bits per heavy atom. The van der Waals surface area contributed by atoms with Crippen molar-refractivity contribution in [3.05, 3.63) is 68.3 Å². The standard InChI is InChI=1S/C28H44N6O4.2HNO3/c1-31(2)27(35)37-25-15-13-17-29-23(25)21-33(5)19-11-9-7-8-10-12-20-34(6)22-24-26(16-14-18-30-24)38-28(36)32(3)4;2*2-1(3)4/h13-18H,7-12,19-22H2,1-6H3;2*(H,2,3,4). The van der Waals surface area contributed by atoms with Gasteiger partial charge in [-0.05, 0) is 64.3 Å². The maximum atomic E-state index is 11.9. The minimum atomic E-state index is -1.50. The molecule has 0 saturated heterocycles. The molecule has 0 radical (unpaired) electrons. The highest BCUT2D eigenvalue weighted by Crippen LogP contribution is 2.19. The first-order chi connectivity index (χ1) is 21.6. The molecule has 2 aromatic rings. The molecular formula is C28H46N8O10. The molecule has 0 aliphatic rings. The molecule has 0 bridgehead atoms. The summed E-state index contributed by atoms with van der Waals surface area (Å²) in [4.78, 5) is 56.6. The number of amides is 2. The first kappa shape index (κ1) is 41.2. The summed E-state index contributed by atoms with van der Waals surface area (Å²) < 4.78 is 10.9. The second-order valence-corrected chi connectivity index (χ2v) is 10.5. The molecule has 0 fully saturated rings. The third-order valence-electron chi connectivity index (χ3n) is 5.99. The maximum absolute atomic E-state index is 11.9. The van der Waals surface area contributed by atoms with Gasteiger partial charge in [-0.3, -0.25) is 9.97 Å². The van der Waals surface area contributed by atoms with Crippen LogP contribution >= 0.6 is 0 Å². The molecule has 2 aromatic heterocycles. The van der Waals surface area contributed by atoms with Crippen LogP contribution in [-0.4, -0.2) is 118 Å². The third kappa shape index (κ3) is 21.0. The second kappa shape index (κ2) is 23.5.